The van der Waals surface area contributed by atoms with Gasteiger partial charge in [-0.25, -0.2) is 0 Å². The average molecular weight is 327 g/mol. The first-order chi connectivity index (χ1) is 10.6. The molecule has 1 aromatic rings. The minimum Gasteiger partial charge on any atom is -0.395 e. The topological polar surface area (TPSA) is 44.7 Å². The van der Waals surface area contributed by atoms with Crippen LogP contribution in [0, 0.1) is 0 Å². The molecule has 124 valence electrons. The molecular formula is C17H27ClN2O2. The van der Waals surface area contributed by atoms with Crippen molar-refractivity contribution in [2.24, 2.45) is 0 Å². The quantitative estimate of drug-likeness (QED) is 0.804. The number of nitrogens with one attached hydrogen (secondary N) is 1. The van der Waals surface area contributed by atoms with Crippen molar-refractivity contribution in [3.05, 3.63) is 34.9 Å². The van der Waals surface area contributed by atoms with Crippen LogP contribution >= 0.6 is 11.6 Å². The number of aliphatic hydroxyl groups is 1. The minimum absolute atomic E-state index is 0.127. The minimum atomic E-state index is 0.127. The van der Waals surface area contributed by atoms with Crippen LogP contribution in [0.25, 0.3) is 0 Å². The van der Waals surface area contributed by atoms with E-state index in [4.69, 9.17) is 16.3 Å². The third-order valence-corrected chi connectivity index (χ3v) is 4.24. The standard InChI is InChI=1S/C17H27ClN2O2/c1-13(2)22-12-16-10-20(7-6-19-16)17(11-21)9-14-4-3-5-15(18)8-14/h3-5,8,13,16-17,19,21H,6-7,9-12H2,1-2H3. The molecule has 2 unspecified atom stereocenters. The second-order valence-corrected chi connectivity index (χ2v) is 6.63. The summed E-state index contributed by atoms with van der Waals surface area (Å²) in [6.45, 7) is 7.75. The lowest BCUT2D eigenvalue weighted by Gasteiger charge is -2.38. The van der Waals surface area contributed by atoms with Gasteiger partial charge in [0.15, 0.2) is 0 Å². The molecule has 1 saturated heterocycles. The average Bonchev–Trinajstić information content (AvgIpc) is 2.51. The van der Waals surface area contributed by atoms with Gasteiger partial charge in [0.2, 0.25) is 0 Å². The molecule has 1 fully saturated rings. The largest absolute Gasteiger partial charge is 0.395 e. The summed E-state index contributed by atoms with van der Waals surface area (Å²) in [5, 5.41) is 14.0. The van der Waals surface area contributed by atoms with Gasteiger partial charge < -0.3 is 15.2 Å². The Kier molecular flexibility index (Phi) is 7.12. The zero-order valence-corrected chi connectivity index (χ0v) is 14.2. The molecule has 2 N–H and O–H groups in total. The van der Waals surface area contributed by atoms with Gasteiger partial charge in [0.05, 0.1) is 19.3 Å². The van der Waals surface area contributed by atoms with E-state index in [0.717, 1.165) is 31.1 Å². The van der Waals surface area contributed by atoms with Gasteiger partial charge in [-0.1, -0.05) is 23.7 Å². The highest BCUT2D eigenvalue weighted by Crippen LogP contribution is 2.15. The van der Waals surface area contributed by atoms with Gasteiger partial charge >= 0.3 is 0 Å². The number of hydrogen-bond donors (Lipinski definition) is 2. The number of benzene rings is 1. The van der Waals surface area contributed by atoms with E-state index in [1.54, 1.807) is 0 Å². The maximum atomic E-state index is 9.79. The molecule has 22 heavy (non-hydrogen) atoms. The lowest BCUT2D eigenvalue weighted by atomic mass is 10.0. The molecule has 4 nitrogen and oxygen atoms in total. The van der Waals surface area contributed by atoms with Gasteiger partial charge in [-0.2, -0.15) is 0 Å². The van der Waals surface area contributed by atoms with Gasteiger partial charge in [0.1, 0.15) is 0 Å². The van der Waals surface area contributed by atoms with Crippen molar-refractivity contribution in [2.45, 2.75) is 38.5 Å². The van der Waals surface area contributed by atoms with Crippen LogP contribution in [0.1, 0.15) is 19.4 Å². The maximum Gasteiger partial charge on any atom is 0.0635 e. The predicted molar refractivity (Wildman–Crippen MR) is 90.5 cm³/mol. The van der Waals surface area contributed by atoms with E-state index >= 15 is 0 Å². The second kappa shape index (κ2) is 8.85. The molecule has 0 bridgehead atoms. The van der Waals surface area contributed by atoms with E-state index in [1.165, 1.54) is 5.56 Å². The van der Waals surface area contributed by atoms with Gasteiger partial charge in [-0.3, -0.25) is 4.90 Å². The highest BCUT2D eigenvalue weighted by Gasteiger charge is 2.25. The summed E-state index contributed by atoms with van der Waals surface area (Å²) in [4.78, 5) is 2.35. The summed E-state index contributed by atoms with van der Waals surface area (Å²) in [5.41, 5.74) is 1.17. The lowest BCUT2D eigenvalue weighted by Crippen LogP contribution is -2.56. The summed E-state index contributed by atoms with van der Waals surface area (Å²) in [7, 11) is 0. The summed E-state index contributed by atoms with van der Waals surface area (Å²) in [6, 6.07) is 8.33. The molecule has 1 aromatic carbocycles. The van der Waals surface area contributed by atoms with Crippen molar-refractivity contribution in [3.8, 4) is 0 Å². The Morgan fingerprint density at radius 2 is 2.27 bits per heavy atom. The van der Waals surface area contributed by atoms with Crippen LogP contribution in [0.4, 0.5) is 0 Å². The van der Waals surface area contributed by atoms with E-state index in [2.05, 4.69) is 30.1 Å². The monoisotopic (exact) mass is 326 g/mol. The molecular weight excluding hydrogens is 300 g/mol. The van der Waals surface area contributed by atoms with Crippen molar-refractivity contribution < 1.29 is 9.84 Å². The third-order valence-electron chi connectivity index (χ3n) is 4.01. The van der Waals surface area contributed by atoms with Crippen LogP contribution < -0.4 is 5.32 Å². The molecule has 2 rings (SSSR count). The third kappa shape index (κ3) is 5.52. The maximum absolute atomic E-state index is 9.79. The van der Waals surface area contributed by atoms with E-state index in [1.807, 2.05) is 18.2 Å². The molecule has 1 aliphatic heterocycles. The van der Waals surface area contributed by atoms with Crippen LogP contribution in [0.5, 0.6) is 0 Å². The fraction of sp³-hybridized carbons (Fsp3) is 0.647. The van der Waals surface area contributed by atoms with Crippen molar-refractivity contribution in [1.82, 2.24) is 10.2 Å². The number of nitrogens with zero attached hydrogens (tertiary/aromatic N) is 1. The normalized spacial score (nSPS) is 21.2. The zero-order chi connectivity index (χ0) is 15.9. The summed E-state index contributed by atoms with van der Waals surface area (Å²) >= 11 is 6.05. The molecule has 2 atom stereocenters. The Labute approximate surface area is 138 Å². The summed E-state index contributed by atoms with van der Waals surface area (Å²) < 4.78 is 5.71. The first-order valence-electron chi connectivity index (χ1n) is 8.03. The SMILES string of the molecule is CC(C)OCC1CN(C(CO)Cc2cccc(Cl)c2)CCN1. The first kappa shape index (κ1) is 17.7. The molecule has 0 amide bonds. The Morgan fingerprint density at radius 1 is 1.45 bits per heavy atom. The Hall–Kier alpha value is -0.650. The first-order valence-corrected chi connectivity index (χ1v) is 8.40. The fourth-order valence-corrected chi connectivity index (χ4v) is 3.06. The van der Waals surface area contributed by atoms with Crippen LogP contribution in [-0.4, -0.2) is 61.0 Å². The number of aliphatic hydroxyl groups excluding tert-OH is 1. The van der Waals surface area contributed by atoms with Crippen LogP contribution in [0.15, 0.2) is 24.3 Å². The Bertz CT molecular complexity index is 456. The molecule has 0 aliphatic carbocycles. The van der Waals surface area contributed by atoms with Crippen LogP contribution in [0.2, 0.25) is 5.02 Å². The highest BCUT2D eigenvalue weighted by molar-refractivity contribution is 6.30. The molecule has 1 aliphatic rings. The number of halogens is 1. The Balaban J connectivity index is 1.92. The second-order valence-electron chi connectivity index (χ2n) is 6.20. The molecule has 5 heteroatoms. The van der Waals surface area contributed by atoms with Gasteiger partial charge in [-0.15, -0.1) is 0 Å². The molecule has 0 radical (unpaired) electrons. The molecule has 0 saturated carbocycles. The fourth-order valence-electron chi connectivity index (χ4n) is 2.85. The number of rotatable bonds is 7. The number of hydrogen-bond acceptors (Lipinski definition) is 4. The summed E-state index contributed by atoms with van der Waals surface area (Å²) in [5.74, 6) is 0. The predicted octanol–water partition coefficient (Wildman–Crippen LogP) is 1.94. The van der Waals surface area contributed by atoms with E-state index in [-0.39, 0.29) is 18.8 Å². The van der Waals surface area contributed by atoms with Crippen LogP contribution in [-0.2, 0) is 11.2 Å². The smallest absolute Gasteiger partial charge is 0.0635 e. The lowest BCUT2D eigenvalue weighted by molar-refractivity contribution is 0.0276. The van der Waals surface area contributed by atoms with Crippen molar-refractivity contribution >= 4 is 11.6 Å². The summed E-state index contributed by atoms with van der Waals surface area (Å²) in [6.07, 6.45) is 1.06. The van der Waals surface area contributed by atoms with E-state index in [0.29, 0.717) is 12.6 Å². The highest BCUT2D eigenvalue weighted by atomic mass is 35.5. The van der Waals surface area contributed by atoms with E-state index in [9.17, 15) is 5.11 Å². The molecule has 0 aromatic heterocycles. The molecule has 1 heterocycles. The Morgan fingerprint density at radius 3 is 2.95 bits per heavy atom. The van der Waals surface area contributed by atoms with Crippen molar-refractivity contribution in [3.63, 3.8) is 0 Å². The van der Waals surface area contributed by atoms with Gasteiger partial charge in [0, 0.05) is 36.7 Å². The zero-order valence-electron chi connectivity index (χ0n) is 13.5. The van der Waals surface area contributed by atoms with Crippen molar-refractivity contribution in [1.29, 1.82) is 0 Å². The van der Waals surface area contributed by atoms with Gasteiger partial charge in [0.25, 0.3) is 0 Å². The van der Waals surface area contributed by atoms with Crippen LogP contribution in [0.3, 0.4) is 0 Å². The number of piperazine rings is 1. The van der Waals surface area contributed by atoms with Gasteiger partial charge in [-0.05, 0) is 38.0 Å². The van der Waals surface area contributed by atoms with E-state index < -0.39 is 0 Å². The van der Waals surface area contributed by atoms with Crippen molar-refractivity contribution in [2.75, 3.05) is 32.8 Å². The number of ether oxygens (including phenoxy) is 1. The molecule has 0 spiro atoms.